The lowest BCUT2D eigenvalue weighted by atomic mass is 9.89. The zero-order valence-electron chi connectivity index (χ0n) is 20.6. The molecular formula is C26H41N5O2. The number of aliphatic hydroxyl groups is 1. The maximum absolute atomic E-state index is 12.3. The predicted octanol–water partition coefficient (Wildman–Crippen LogP) is 5.01. The summed E-state index contributed by atoms with van der Waals surface area (Å²) < 4.78 is 2.36. The van der Waals surface area contributed by atoms with E-state index in [-0.39, 0.29) is 6.10 Å². The van der Waals surface area contributed by atoms with E-state index in [1.54, 1.807) is 0 Å². The van der Waals surface area contributed by atoms with Crippen LogP contribution >= 0.6 is 0 Å². The summed E-state index contributed by atoms with van der Waals surface area (Å²) in [5, 5.41) is 14.6. The number of aromatic nitrogens is 3. The molecule has 1 atom stereocenters. The van der Waals surface area contributed by atoms with Crippen LogP contribution in [0.1, 0.15) is 103 Å². The van der Waals surface area contributed by atoms with E-state index in [0.717, 1.165) is 81.9 Å². The van der Waals surface area contributed by atoms with Gasteiger partial charge in [0.15, 0.2) is 0 Å². The number of carbonyl (C=O) groups excluding carboxylic acids is 1. The Morgan fingerprint density at radius 3 is 2.55 bits per heavy atom. The smallest absolute Gasteiger partial charge is 0.224 e. The van der Waals surface area contributed by atoms with Crippen molar-refractivity contribution < 1.29 is 9.90 Å². The number of fused-ring (bicyclic) bond motifs is 1. The fraction of sp³-hybridized carbons (Fsp3) is 0.731. The molecule has 1 amide bonds. The van der Waals surface area contributed by atoms with Crippen LogP contribution in [0.5, 0.6) is 0 Å². The first-order valence-corrected chi connectivity index (χ1v) is 13.1. The number of rotatable bonds is 8. The summed E-state index contributed by atoms with van der Waals surface area (Å²) in [6.07, 6.45) is 13.6. The van der Waals surface area contributed by atoms with Crippen molar-refractivity contribution in [3.8, 4) is 0 Å². The van der Waals surface area contributed by atoms with E-state index in [2.05, 4.69) is 41.8 Å². The van der Waals surface area contributed by atoms with Crippen LogP contribution in [-0.4, -0.2) is 55.7 Å². The molecule has 1 saturated heterocycles. The van der Waals surface area contributed by atoms with Gasteiger partial charge in [-0.3, -0.25) is 4.79 Å². The molecular weight excluding hydrogens is 414 g/mol. The van der Waals surface area contributed by atoms with Gasteiger partial charge in [-0.1, -0.05) is 20.3 Å². The average molecular weight is 456 g/mol. The number of aliphatic hydroxyl groups excluding tert-OH is 1. The Balaban J connectivity index is 1.60. The van der Waals surface area contributed by atoms with Gasteiger partial charge in [-0.15, -0.1) is 0 Å². The van der Waals surface area contributed by atoms with Crippen molar-refractivity contribution in [1.29, 1.82) is 0 Å². The Morgan fingerprint density at radius 2 is 1.88 bits per heavy atom. The molecule has 4 rings (SSSR count). The van der Waals surface area contributed by atoms with Gasteiger partial charge in [0.1, 0.15) is 5.65 Å². The zero-order chi connectivity index (χ0) is 23.4. The molecule has 0 aromatic carbocycles. The summed E-state index contributed by atoms with van der Waals surface area (Å²) in [6.45, 7) is 8.10. The molecule has 7 heteroatoms. The van der Waals surface area contributed by atoms with Crippen LogP contribution in [0.15, 0.2) is 12.4 Å². The Kier molecular flexibility index (Phi) is 7.89. The van der Waals surface area contributed by atoms with E-state index in [9.17, 15) is 9.90 Å². The molecule has 182 valence electrons. The highest BCUT2D eigenvalue weighted by molar-refractivity contribution is 5.82. The van der Waals surface area contributed by atoms with Crippen molar-refractivity contribution in [2.24, 2.45) is 0 Å². The van der Waals surface area contributed by atoms with Crippen LogP contribution in [-0.2, 0) is 4.79 Å². The molecule has 7 nitrogen and oxygen atoms in total. The van der Waals surface area contributed by atoms with Crippen molar-refractivity contribution >= 4 is 22.9 Å². The maximum Gasteiger partial charge on any atom is 0.224 e. The fourth-order valence-electron chi connectivity index (χ4n) is 5.60. The van der Waals surface area contributed by atoms with Crippen LogP contribution in [0.25, 0.3) is 11.0 Å². The number of nitrogens with zero attached hydrogens (tertiary/aromatic N) is 4. The van der Waals surface area contributed by atoms with Gasteiger partial charge in [0.05, 0.1) is 6.10 Å². The summed E-state index contributed by atoms with van der Waals surface area (Å²) in [7, 11) is 0. The molecule has 0 spiro atoms. The number of amides is 1. The molecule has 2 N–H and O–H groups in total. The number of hydrogen-bond acceptors (Lipinski definition) is 5. The van der Waals surface area contributed by atoms with Crippen molar-refractivity contribution in [2.75, 3.05) is 18.4 Å². The van der Waals surface area contributed by atoms with Crippen molar-refractivity contribution in [3.63, 3.8) is 0 Å². The highest BCUT2D eigenvalue weighted by Gasteiger charge is 2.29. The van der Waals surface area contributed by atoms with Crippen molar-refractivity contribution in [1.82, 2.24) is 19.4 Å². The summed E-state index contributed by atoms with van der Waals surface area (Å²) in [5.41, 5.74) is 2.34. The van der Waals surface area contributed by atoms with Gasteiger partial charge in [-0.25, -0.2) is 4.98 Å². The van der Waals surface area contributed by atoms with Gasteiger partial charge >= 0.3 is 0 Å². The SMILES string of the molecule is CCCC(=O)N1CCC(c2cn(C3CCC(O)CC3)c3nc(N[C@@H](C)CCC)ncc23)CC1. The van der Waals surface area contributed by atoms with Crippen LogP contribution < -0.4 is 5.32 Å². The Labute approximate surface area is 198 Å². The number of anilines is 1. The largest absolute Gasteiger partial charge is 0.393 e. The van der Waals surface area contributed by atoms with E-state index in [0.29, 0.717) is 36.3 Å². The Hall–Kier alpha value is -2.15. The molecule has 1 aliphatic heterocycles. The molecule has 33 heavy (non-hydrogen) atoms. The second kappa shape index (κ2) is 10.9. The minimum atomic E-state index is -0.172. The summed E-state index contributed by atoms with van der Waals surface area (Å²) in [5.74, 6) is 1.42. The molecule has 3 heterocycles. The molecule has 2 fully saturated rings. The van der Waals surface area contributed by atoms with Crippen LogP contribution in [0.3, 0.4) is 0 Å². The minimum Gasteiger partial charge on any atom is -0.393 e. The quantitative estimate of drug-likeness (QED) is 0.584. The second-order valence-corrected chi connectivity index (χ2v) is 10.1. The number of likely N-dealkylation sites (tertiary alicyclic amines) is 1. The molecule has 2 aromatic heterocycles. The lowest BCUT2D eigenvalue weighted by Gasteiger charge is -2.32. The molecule has 0 unspecified atom stereocenters. The Bertz CT molecular complexity index is 926. The number of nitrogens with one attached hydrogen (secondary N) is 1. The fourth-order valence-corrected chi connectivity index (χ4v) is 5.60. The van der Waals surface area contributed by atoms with E-state index < -0.39 is 0 Å². The normalized spacial score (nSPS) is 23.1. The highest BCUT2D eigenvalue weighted by atomic mass is 16.3. The van der Waals surface area contributed by atoms with Crippen LogP contribution in [0.2, 0.25) is 0 Å². The van der Waals surface area contributed by atoms with Gasteiger partial charge in [0.2, 0.25) is 11.9 Å². The first-order valence-electron chi connectivity index (χ1n) is 13.1. The van der Waals surface area contributed by atoms with Gasteiger partial charge in [-0.05, 0) is 69.8 Å². The molecule has 0 radical (unpaired) electrons. The Morgan fingerprint density at radius 1 is 1.15 bits per heavy atom. The lowest BCUT2D eigenvalue weighted by molar-refractivity contribution is -0.132. The molecule has 0 bridgehead atoms. The topological polar surface area (TPSA) is 83.3 Å². The third-order valence-corrected chi connectivity index (χ3v) is 7.51. The number of carbonyl (C=O) groups is 1. The van der Waals surface area contributed by atoms with Gasteiger partial charge in [0.25, 0.3) is 0 Å². The minimum absolute atomic E-state index is 0.172. The predicted molar refractivity (Wildman–Crippen MR) is 132 cm³/mol. The van der Waals surface area contributed by atoms with Crippen LogP contribution in [0.4, 0.5) is 5.95 Å². The monoisotopic (exact) mass is 455 g/mol. The summed E-state index contributed by atoms with van der Waals surface area (Å²) in [4.78, 5) is 24.0. The third kappa shape index (κ3) is 5.51. The van der Waals surface area contributed by atoms with Gasteiger partial charge < -0.3 is 19.9 Å². The third-order valence-electron chi connectivity index (χ3n) is 7.51. The first kappa shape index (κ1) is 24.0. The highest BCUT2D eigenvalue weighted by Crippen LogP contribution is 2.38. The van der Waals surface area contributed by atoms with Crippen molar-refractivity contribution in [2.45, 2.75) is 109 Å². The van der Waals surface area contributed by atoms with Crippen LogP contribution in [0, 0.1) is 0 Å². The first-order chi connectivity index (χ1) is 16.0. The van der Waals surface area contributed by atoms with E-state index in [4.69, 9.17) is 4.98 Å². The van der Waals surface area contributed by atoms with E-state index in [1.807, 2.05) is 11.1 Å². The molecule has 1 saturated carbocycles. The molecule has 2 aliphatic rings. The van der Waals surface area contributed by atoms with Crippen molar-refractivity contribution in [3.05, 3.63) is 18.0 Å². The maximum atomic E-state index is 12.3. The summed E-state index contributed by atoms with van der Waals surface area (Å²) in [6, 6.07) is 0.705. The van der Waals surface area contributed by atoms with E-state index >= 15 is 0 Å². The standard InChI is InChI=1S/C26H41N5O2/c1-4-6-18(3)28-26-27-16-22-23(19-12-14-30(15-13-19)24(33)7-5-2)17-31(25(22)29-26)20-8-10-21(32)11-9-20/h16-21,32H,4-15H2,1-3H3,(H,27,28,29)/t18-,20?,21?/m0/s1. The number of hydrogen-bond donors (Lipinski definition) is 2. The number of piperidine rings is 1. The van der Waals surface area contributed by atoms with E-state index in [1.165, 1.54) is 5.56 Å². The summed E-state index contributed by atoms with van der Waals surface area (Å²) >= 11 is 0. The molecule has 1 aliphatic carbocycles. The average Bonchev–Trinajstić information content (AvgIpc) is 3.19. The lowest BCUT2D eigenvalue weighted by Crippen LogP contribution is -2.37. The van der Waals surface area contributed by atoms with Gasteiger partial charge in [-0.2, -0.15) is 4.98 Å². The zero-order valence-corrected chi connectivity index (χ0v) is 20.6. The molecule has 2 aromatic rings. The van der Waals surface area contributed by atoms with Gasteiger partial charge in [0, 0.05) is 49.4 Å². The second-order valence-electron chi connectivity index (χ2n) is 10.1.